The predicted molar refractivity (Wildman–Crippen MR) is 73.2 cm³/mol. The van der Waals surface area contributed by atoms with Crippen LogP contribution in [0.15, 0.2) is 42.5 Å². The Morgan fingerprint density at radius 3 is 2.39 bits per heavy atom. The van der Waals surface area contributed by atoms with E-state index in [0.29, 0.717) is 28.0 Å². The number of halogens is 2. The number of benzene rings is 2. The number of rotatable bonds is 4. The summed E-state index contributed by atoms with van der Waals surface area (Å²) >= 11 is 12.0. The van der Waals surface area contributed by atoms with E-state index in [0.717, 1.165) is 5.56 Å². The second-order valence-electron chi connectivity index (χ2n) is 3.81. The van der Waals surface area contributed by atoms with Crippen molar-refractivity contribution in [1.82, 2.24) is 0 Å². The minimum absolute atomic E-state index is 0.141. The Morgan fingerprint density at radius 2 is 1.72 bits per heavy atom. The number of hydrogen-bond donors (Lipinski definition) is 1. The third-order valence-electron chi connectivity index (χ3n) is 2.51. The van der Waals surface area contributed by atoms with E-state index in [1.54, 1.807) is 12.1 Å². The SMILES string of the molecule is OCc1cc(Cl)c(OCc2ccccc2)cc1Cl. The Hall–Kier alpha value is -1.22. The van der Waals surface area contributed by atoms with Crippen LogP contribution < -0.4 is 4.74 Å². The highest BCUT2D eigenvalue weighted by atomic mass is 35.5. The van der Waals surface area contributed by atoms with Crippen molar-refractivity contribution in [3.8, 4) is 5.75 Å². The molecule has 94 valence electrons. The molecule has 2 rings (SSSR count). The Labute approximate surface area is 116 Å². The monoisotopic (exact) mass is 282 g/mol. The molecule has 0 amide bonds. The summed E-state index contributed by atoms with van der Waals surface area (Å²) in [6, 6.07) is 13.0. The Balaban J connectivity index is 2.13. The van der Waals surface area contributed by atoms with E-state index in [2.05, 4.69) is 0 Å². The van der Waals surface area contributed by atoms with Crippen LogP contribution in [0, 0.1) is 0 Å². The number of ether oxygens (including phenoxy) is 1. The topological polar surface area (TPSA) is 29.5 Å². The minimum Gasteiger partial charge on any atom is -0.487 e. The van der Waals surface area contributed by atoms with Crippen LogP contribution in [0.3, 0.4) is 0 Å². The van der Waals surface area contributed by atoms with Crippen molar-refractivity contribution in [1.29, 1.82) is 0 Å². The molecule has 2 aromatic carbocycles. The van der Waals surface area contributed by atoms with Gasteiger partial charge in [-0.25, -0.2) is 0 Å². The number of aliphatic hydroxyl groups is 1. The molecule has 1 N–H and O–H groups in total. The van der Waals surface area contributed by atoms with Gasteiger partial charge in [0.2, 0.25) is 0 Å². The third-order valence-corrected chi connectivity index (χ3v) is 3.16. The summed E-state index contributed by atoms with van der Waals surface area (Å²) in [7, 11) is 0. The van der Waals surface area contributed by atoms with E-state index < -0.39 is 0 Å². The zero-order valence-electron chi connectivity index (χ0n) is 9.57. The zero-order valence-corrected chi connectivity index (χ0v) is 11.1. The molecule has 0 aliphatic heterocycles. The van der Waals surface area contributed by atoms with Crippen LogP contribution in [-0.2, 0) is 13.2 Å². The van der Waals surface area contributed by atoms with Gasteiger partial charge in [-0.05, 0) is 17.2 Å². The van der Waals surface area contributed by atoms with Crippen LogP contribution in [0.25, 0.3) is 0 Å². The summed E-state index contributed by atoms with van der Waals surface area (Å²) in [5.41, 5.74) is 1.64. The molecule has 18 heavy (non-hydrogen) atoms. The molecule has 0 saturated heterocycles. The van der Waals surface area contributed by atoms with Gasteiger partial charge in [-0.15, -0.1) is 0 Å². The Morgan fingerprint density at radius 1 is 1.00 bits per heavy atom. The lowest BCUT2D eigenvalue weighted by molar-refractivity contribution is 0.281. The van der Waals surface area contributed by atoms with E-state index in [4.69, 9.17) is 33.0 Å². The Kier molecular flexibility index (Phi) is 4.48. The van der Waals surface area contributed by atoms with Crippen molar-refractivity contribution in [2.24, 2.45) is 0 Å². The summed E-state index contributed by atoms with van der Waals surface area (Å²) in [6.07, 6.45) is 0. The first-order valence-electron chi connectivity index (χ1n) is 5.46. The molecule has 2 nitrogen and oxygen atoms in total. The lowest BCUT2D eigenvalue weighted by Crippen LogP contribution is -1.96. The molecule has 0 spiro atoms. The van der Waals surface area contributed by atoms with E-state index in [1.807, 2.05) is 30.3 Å². The van der Waals surface area contributed by atoms with Crippen molar-refractivity contribution < 1.29 is 9.84 Å². The van der Waals surface area contributed by atoms with E-state index >= 15 is 0 Å². The summed E-state index contributed by atoms with van der Waals surface area (Å²) in [4.78, 5) is 0. The molecule has 0 fully saturated rings. The van der Waals surface area contributed by atoms with Crippen molar-refractivity contribution in [2.75, 3.05) is 0 Å². The molecule has 2 aromatic rings. The smallest absolute Gasteiger partial charge is 0.139 e. The van der Waals surface area contributed by atoms with Gasteiger partial charge in [-0.3, -0.25) is 0 Å². The maximum Gasteiger partial charge on any atom is 0.139 e. The first-order chi connectivity index (χ1) is 8.70. The van der Waals surface area contributed by atoms with E-state index in [9.17, 15) is 0 Å². The molecule has 0 bridgehead atoms. The fourth-order valence-corrected chi connectivity index (χ4v) is 1.99. The van der Waals surface area contributed by atoms with Crippen LogP contribution in [0.4, 0.5) is 0 Å². The van der Waals surface area contributed by atoms with Gasteiger partial charge in [0, 0.05) is 11.1 Å². The minimum atomic E-state index is -0.141. The molecule has 0 saturated carbocycles. The molecule has 0 unspecified atom stereocenters. The van der Waals surface area contributed by atoms with Gasteiger partial charge >= 0.3 is 0 Å². The molecule has 0 radical (unpaired) electrons. The summed E-state index contributed by atoms with van der Waals surface area (Å²) in [5, 5.41) is 9.95. The van der Waals surface area contributed by atoms with Gasteiger partial charge < -0.3 is 9.84 Å². The van der Waals surface area contributed by atoms with Gasteiger partial charge in [-0.1, -0.05) is 53.5 Å². The third kappa shape index (κ3) is 3.16. The molecule has 4 heteroatoms. The molecule has 0 atom stereocenters. The van der Waals surface area contributed by atoms with Crippen LogP contribution in [0.1, 0.15) is 11.1 Å². The summed E-state index contributed by atoms with van der Waals surface area (Å²) < 4.78 is 5.61. The standard InChI is InChI=1S/C14H12Cl2O2/c15-12-7-14(13(16)6-11(12)8-17)18-9-10-4-2-1-3-5-10/h1-7,17H,8-9H2. The summed E-state index contributed by atoms with van der Waals surface area (Å²) in [5.74, 6) is 0.516. The fourth-order valence-electron chi connectivity index (χ4n) is 1.54. The van der Waals surface area contributed by atoms with Gasteiger partial charge in [0.05, 0.1) is 11.6 Å². The van der Waals surface area contributed by atoms with E-state index in [1.165, 1.54) is 0 Å². The molecule has 0 aromatic heterocycles. The Bertz CT molecular complexity index is 527. The normalized spacial score (nSPS) is 10.4. The number of hydrogen-bond acceptors (Lipinski definition) is 2. The first kappa shape index (κ1) is 13.2. The van der Waals surface area contributed by atoms with Crippen molar-refractivity contribution in [3.63, 3.8) is 0 Å². The number of aliphatic hydroxyl groups excluding tert-OH is 1. The molecule has 0 aliphatic rings. The largest absolute Gasteiger partial charge is 0.487 e. The lowest BCUT2D eigenvalue weighted by Gasteiger charge is -2.10. The maximum absolute atomic E-state index is 9.06. The fraction of sp³-hybridized carbons (Fsp3) is 0.143. The average molecular weight is 283 g/mol. The predicted octanol–water partition coefficient (Wildman–Crippen LogP) is 4.06. The van der Waals surface area contributed by atoms with Gasteiger partial charge in [0.15, 0.2) is 0 Å². The van der Waals surface area contributed by atoms with Crippen molar-refractivity contribution >= 4 is 23.2 Å². The first-order valence-corrected chi connectivity index (χ1v) is 6.22. The molecule has 0 heterocycles. The average Bonchev–Trinajstić information content (AvgIpc) is 2.40. The van der Waals surface area contributed by atoms with Crippen LogP contribution >= 0.6 is 23.2 Å². The van der Waals surface area contributed by atoms with Crippen LogP contribution in [0.2, 0.25) is 10.0 Å². The molecular formula is C14H12Cl2O2. The molecular weight excluding hydrogens is 271 g/mol. The van der Waals surface area contributed by atoms with Crippen LogP contribution in [-0.4, -0.2) is 5.11 Å². The van der Waals surface area contributed by atoms with E-state index in [-0.39, 0.29) is 6.61 Å². The van der Waals surface area contributed by atoms with Gasteiger partial charge in [0.1, 0.15) is 12.4 Å². The second kappa shape index (κ2) is 6.10. The highest BCUT2D eigenvalue weighted by Gasteiger charge is 2.08. The van der Waals surface area contributed by atoms with Crippen molar-refractivity contribution in [2.45, 2.75) is 13.2 Å². The van der Waals surface area contributed by atoms with Crippen LogP contribution in [0.5, 0.6) is 5.75 Å². The second-order valence-corrected chi connectivity index (χ2v) is 4.62. The highest BCUT2D eigenvalue weighted by Crippen LogP contribution is 2.31. The molecule has 0 aliphatic carbocycles. The van der Waals surface area contributed by atoms with Gasteiger partial charge in [-0.2, -0.15) is 0 Å². The van der Waals surface area contributed by atoms with Crippen molar-refractivity contribution in [3.05, 3.63) is 63.6 Å². The lowest BCUT2D eigenvalue weighted by atomic mass is 10.2. The quantitative estimate of drug-likeness (QED) is 0.916. The maximum atomic E-state index is 9.06. The zero-order chi connectivity index (χ0) is 13.0. The highest BCUT2D eigenvalue weighted by molar-refractivity contribution is 6.34. The summed E-state index contributed by atoms with van der Waals surface area (Å²) in [6.45, 7) is 0.285. The van der Waals surface area contributed by atoms with Gasteiger partial charge in [0.25, 0.3) is 0 Å².